The maximum absolute atomic E-state index is 11.4. The largest absolute Gasteiger partial charge is 0.379 e. The third-order valence-electron chi connectivity index (χ3n) is 2.90. The van der Waals surface area contributed by atoms with Crippen LogP contribution in [0.5, 0.6) is 0 Å². The molecule has 3 aromatic rings. The maximum Gasteiger partial charge on any atom is 0.193 e. The van der Waals surface area contributed by atoms with Crippen LogP contribution in [0.25, 0.3) is 4.96 Å². The number of thiazole rings is 1. The Labute approximate surface area is 120 Å². The third-order valence-corrected chi connectivity index (χ3v) is 4.80. The van der Waals surface area contributed by atoms with Gasteiger partial charge in [-0.1, -0.05) is 0 Å². The van der Waals surface area contributed by atoms with Gasteiger partial charge in [-0.15, -0.1) is 11.3 Å². The van der Waals surface area contributed by atoms with E-state index in [0.29, 0.717) is 11.4 Å². The topological polar surface area (TPSA) is 63.5 Å². The molecular weight excluding hydrogens is 294 g/mol. The molecule has 20 heavy (non-hydrogen) atoms. The fraction of sp³-hybridized carbons (Fsp3) is 0.154. The second kappa shape index (κ2) is 4.92. The number of fused-ring (bicyclic) bond motifs is 1. The molecule has 2 aromatic heterocycles. The summed E-state index contributed by atoms with van der Waals surface area (Å²) in [6, 6.07) is 6.72. The van der Waals surface area contributed by atoms with Crippen LogP contribution < -0.4 is 5.32 Å². The van der Waals surface area contributed by atoms with Gasteiger partial charge in [0.25, 0.3) is 0 Å². The molecule has 0 aliphatic carbocycles. The van der Waals surface area contributed by atoms with E-state index in [9.17, 15) is 8.42 Å². The van der Waals surface area contributed by atoms with E-state index in [1.54, 1.807) is 35.6 Å². The smallest absolute Gasteiger partial charge is 0.193 e. The van der Waals surface area contributed by atoms with Crippen molar-refractivity contribution < 1.29 is 8.42 Å². The lowest BCUT2D eigenvalue weighted by Gasteiger charge is -2.05. The number of anilines is 1. The van der Waals surface area contributed by atoms with Gasteiger partial charge >= 0.3 is 0 Å². The molecule has 104 valence electrons. The predicted octanol–water partition coefficient (Wildman–Crippen LogP) is 2.41. The molecule has 0 saturated carbocycles. The molecule has 0 atom stereocenters. The summed E-state index contributed by atoms with van der Waals surface area (Å²) in [7, 11) is -3.14. The van der Waals surface area contributed by atoms with E-state index in [1.165, 1.54) is 6.26 Å². The van der Waals surface area contributed by atoms with Crippen LogP contribution in [0.3, 0.4) is 0 Å². The molecule has 1 N–H and O–H groups in total. The van der Waals surface area contributed by atoms with Gasteiger partial charge < -0.3 is 5.32 Å². The van der Waals surface area contributed by atoms with E-state index in [2.05, 4.69) is 10.3 Å². The molecule has 2 heterocycles. The number of nitrogens with zero attached hydrogens (tertiary/aromatic N) is 2. The quantitative estimate of drug-likeness (QED) is 0.804. The van der Waals surface area contributed by atoms with Crippen LogP contribution in [0.2, 0.25) is 0 Å². The van der Waals surface area contributed by atoms with Crippen molar-refractivity contribution in [3.05, 3.63) is 47.7 Å². The van der Waals surface area contributed by atoms with Crippen LogP contribution in [0.4, 0.5) is 5.69 Å². The van der Waals surface area contributed by atoms with Crippen molar-refractivity contribution in [3.63, 3.8) is 0 Å². The normalized spacial score (nSPS) is 11.8. The number of imidazole rings is 1. The molecule has 0 amide bonds. The first kappa shape index (κ1) is 13.1. The van der Waals surface area contributed by atoms with Crippen LogP contribution in [-0.2, 0) is 16.4 Å². The standard InChI is InChI=1S/C13H13N3O2S2/c1-20(17,18)12-4-2-10(3-5-12)14-8-11-9-16-6-7-19-13(16)15-11/h2-7,9,14H,8H2,1H3. The summed E-state index contributed by atoms with van der Waals surface area (Å²) in [6.45, 7) is 0.604. The molecular formula is C13H13N3O2S2. The molecule has 3 rings (SSSR count). The van der Waals surface area contributed by atoms with Gasteiger partial charge in [-0.2, -0.15) is 0 Å². The highest BCUT2D eigenvalue weighted by Crippen LogP contribution is 2.16. The number of sulfone groups is 1. The van der Waals surface area contributed by atoms with Gasteiger partial charge in [0.15, 0.2) is 14.8 Å². The summed E-state index contributed by atoms with van der Waals surface area (Å²) in [4.78, 5) is 5.76. The average molecular weight is 307 g/mol. The van der Waals surface area contributed by atoms with E-state index in [0.717, 1.165) is 16.3 Å². The molecule has 1 aromatic carbocycles. The number of rotatable bonds is 4. The summed E-state index contributed by atoms with van der Waals surface area (Å²) < 4.78 is 24.7. The first-order valence-corrected chi connectivity index (χ1v) is 8.74. The Hall–Kier alpha value is -1.86. The number of hydrogen-bond acceptors (Lipinski definition) is 5. The van der Waals surface area contributed by atoms with E-state index < -0.39 is 9.84 Å². The number of benzene rings is 1. The summed E-state index contributed by atoms with van der Waals surface area (Å²) in [6.07, 6.45) is 5.15. The van der Waals surface area contributed by atoms with Gasteiger partial charge in [0.05, 0.1) is 17.1 Å². The fourth-order valence-corrected chi connectivity index (χ4v) is 3.22. The highest BCUT2D eigenvalue weighted by atomic mass is 32.2. The van der Waals surface area contributed by atoms with E-state index in [1.807, 2.05) is 22.2 Å². The Morgan fingerprint density at radius 3 is 2.70 bits per heavy atom. The molecule has 0 unspecified atom stereocenters. The zero-order valence-electron chi connectivity index (χ0n) is 10.8. The molecule has 0 radical (unpaired) electrons. The lowest BCUT2D eigenvalue weighted by atomic mass is 10.3. The summed E-state index contributed by atoms with van der Waals surface area (Å²) in [5.74, 6) is 0. The van der Waals surface area contributed by atoms with E-state index in [4.69, 9.17) is 0 Å². The number of aromatic nitrogens is 2. The number of hydrogen-bond donors (Lipinski definition) is 1. The Bertz CT molecular complexity index is 804. The first-order valence-electron chi connectivity index (χ1n) is 5.97. The van der Waals surface area contributed by atoms with E-state index >= 15 is 0 Å². The minimum absolute atomic E-state index is 0.325. The minimum atomic E-state index is -3.14. The molecule has 0 aliphatic heterocycles. The lowest BCUT2D eigenvalue weighted by Crippen LogP contribution is -2.01. The second-order valence-corrected chi connectivity index (χ2v) is 7.36. The average Bonchev–Trinajstić information content (AvgIpc) is 2.96. The molecule has 0 bridgehead atoms. The lowest BCUT2D eigenvalue weighted by molar-refractivity contribution is 0.602. The maximum atomic E-state index is 11.4. The summed E-state index contributed by atoms with van der Waals surface area (Å²) in [5.41, 5.74) is 1.82. The van der Waals surface area contributed by atoms with Gasteiger partial charge in [-0.3, -0.25) is 4.40 Å². The van der Waals surface area contributed by atoms with Crippen molar-refractivity contribution in [2.45, 2.75) is 11.4 Å². The monoisotopic (exact) mass is 307 g/mol. The molecule has 0 fully saturated rings. The summed E-state index contributed by atoms with van der Waals surface area (Å²) in [5, 5.41) is 5.21. The molecule has 7 heteroatoms. The third kappa shape index (κ3) is 2.68. The van der Waals surface area contributed by atoms with Crippen molar-refractivity contribution in [1.82, 2.24) is 9.38 Å². The Balaban J connectivity index is 1.70. The van der Waals surface area contributed by atoms with Crippen molar-refractivity contribution in [1.29, 1.82) is 0 Å². The van der Waals surface area contributed by atoms with Crippen molar-refractivity contribution >= 4 is 31.8 Å². The SMILES string of the molecule is CS(=O)(=O)c1ccc(NCc2cn3ccsc3n2)cc1. The Kier molecular flexibility index (Phi) is 3.23. The van der Waals surface area contributed by atoms with Crippen LogP contribution >= 0.6 is 11.3 Å². The Morgan fingerprint density at radius 2 is 2.05 bits per heavy atom. The van der Waals surface area contributed by atoms with Crippen LogP contribution in [-0.4, -0.2) is 24.1 Å². The predicted molar refractivity (Wildman–Crippen MR) is 79.9 cm³/mol. The van der Waals surface area contributed by atoms with Crippen molar-refractivity contribution in [2.75, 3.05) is 11.6 Å². The van der Waals surface area contributed by atoms with E-state index in [-0.39, 0.29) is 0 Å². The fourth-order valence-electron chi connectivity index (χ4n) is 1.87. The van der Waals surface area contributed by atoms with Gasteiger partial charge in [0.2, 0.25) is 0 Å². The highest BCUT2D eigenvalue weighted by Gasteiger charge is 2.06. The Morgan fingerprint density at radius 1 is 1.30 bits per heavy atom. The molecule has 0 aliphatic rings. The van der Waals surface area contributed by atoms with Gasteiger partial charge in [-0.25, -0.2) is 13.4 Å². The zero-order valence-corrected chi connectivity index (χ0v) is 12.4. The van der Waals surface area contributed by atoms with Crippen LogP contribution in [0.1, 0.15) is 5.69 Å². The minimum Gasteiger partial charge on any atom is -0.379 e. The van der Waals surface area contributed by atoms with Crippen molar-refractivity contribution in [3.8, 4) is 0 Å². The molecule has 0 saturated heterocycles. The van der Waals surface area contributed by atoms with Crippen molar-refractivity contribution in [2.24, 2.45) is 0 Å². The first-order chi connectivity index (χ1) is 9.52. The van der Waals surface area contributed by atoms with Gasteiger partial charge in [0, 0.05) is 29.7 Å². The van der Waals surface area contributed by atoms with Gasteiger partial charge in [0.1, 0.15) is 0 Å². The zero-order chi connectivity index (χ0) is 14.2. The number of nitrogens with one attached hydrogen (secondary N) is 1. The van der Waals surface area contributed by atoms with Crippen LogP contribution in [0.15, 0.2) is 46.9 Å². The van der Waals surface area contributed by atoms with Gasteiger partial charge in [-0.05, 0) is 24.3 Å². The molecule has 5 nitrogen and oxygen atoms in total. The van der Waals surface area contributed by atoms with Crippen LogP contribution in [0, 0.1) is 0 Å². The molecule has 0 spiro atoms. The summed E-state index contributed by atoms with van der Waals surface area (Å²) >= 11 is 1.59. The highest BCUT2D eigenvalue weighted by molar-refractivity contribution is 7.90. The second-order valence-electron chi connectivity index (χ2n) is 4.48.